The summed E-state index contributed by atoms with van der Waals surface area (Å²) in [5, 5.41) is 10.7. The average molecular weight is 500 g/mol. The van der Waals surface area contributed by atoms with E-state index in [1.54, 1.807) is 18.3 Å². The van der Waals surface area contributed by atoms with Gasteiger partial charge in [-0.3, -0.25) is 15.2 Å². The summed E-state index contributed by atoms with van der Waals surface area (Å²) in [6.45, 7) is 4.85. The first-order chi connectivity index (χ1) is 16.9. The maximum absolute atomic E-state index is 13.2. The second-order valence-corrected chi connectivity index (χ2v) is 8.94. The van der Waals surface area contributed by atoms with Crippen LogP contribution in [0.15, 0.2) is 67.0 Å². The Morgan fingerprint density at radius 3 is 2.39 bits per heavy atom. The molecular formula is C26H28F3N5O2. The fourth-order valence-electron chi connectivity index (χ4n) is 3.62. The number of amidine groups is 1. The van der Waals surface area contributed by atoms with E-state index in [0.717, 1.165) is 17.7 Å². The highest BCUT2D eigenvalue weighted by atomic mass is 19.4. The van der Waals surface area contributed by atoms with E-state index in [9.17, 15) is 18.0 Å². The van der Waals surface area contributed by atoms with E-state index in [0.29, 0.717) is 23.9 Å². The van der Waals surface area contributed by atoms with Gasteiger partial charge in [0, 0.05) is 41.7 Å². The number of carbonyl (C=O) groups is 1. The van der Waals surface area contributed by atoms with E-state index in [2.05, 4.69) is 15.3 Å². The van der Waals surface area contributed by atoms with Gasteiger partial charge < -0.3 is 15.8 Å². The topological polar surface area (TPSA) is 114 Å². The van der Waals surface area contributed by atoms with Crippen molar-refractivity contribution in [1.29, 1.82) is 5.41 Å². The SMILES string of the molecule is CC(NC(=O)C(C)(C)Oc1ccc(C(F)(F)F)cn1)C(Cc1ccccc1)c1cc(C(=N)N)ccn1. The number of hydrogen-bond donors (Lipinski definition) is 3. The maximum atomic E-state index is 13.2. The van der Waals surface area contributed by atoms with Crippen LogP contribution in [0.4, 0.5) is 13.2 Å². The van der Waals surface area contributed by atoms with E-state index < -0.39 is 29.3 Å². The molecule has 0 fully saturated rings. The van der Waals surface area contributed by atoms with Crippen molar-refractivity contribution in [2.24, 2.45) is 5.73 Å². The van der Waals surface area contributed by atoms with Crippen LogP contribution in [0, 0.1) is 5.41 Å². The molecule has 2 aromatic heterocycles. The molecule has 10 heteroatoms. The van der Waals surface area contributed by atoms with Gasteiger partial charge in [-0.15, -0.1) is 0 Å². The van der Waals surface area contributed by atoms with Gasteiger partial charge in [-0.25, -0.2) is 4.98 Å². The largest absolute Gasteiger partial charge is 0.462 e. The summed E-state index contributed by atoms with van der Waals surface area (Å²) in [6.07, 6.45) is -1.73. The summed E-state index contributed by atoms with van der Waals surface area (Å²) in [7, 11) is 0. The molecular weight excluding hydrogens is 471 g/mol. The Balaban J connectivity index is 1.79. The lowest BCUT2D eigenvalue weighted by atomic mass is 9.88. The predicted octanol–water partition coefficient (Wildman–Crippen LogP) is 4.47. The van der Waals surface area contributed by atoms with Crippen molar-refractivity contribution >= 4 is 11.7 Å². The standard InChI is InChI=1S/C26H28F3N5O2/c1-16(34-24(35)25(2,3)36-22-10-9-19(15-33-22)26(27,28)29)20(13-17-7-5-4-6-8-17)21-14-18(23(30)31)11-12-32-21/h4-12,14-16,20H,13H2,1-3H3,(H3,30,31)(H,34,35). The first kappa shape index (κ1) is 26.7. The molecule has 36 heavy (non-hydrogen) atoms. The Kier molecular flexibility index (Phi) is 7.96. The van der Waals surface area contributed by atoms with Gasteiger partial charge in [-0.1, -0.05) is 30.3 Å². The number of benzene rings is 1. The minimum absolute atomic E-state index is 0.0904. The van der Waals surface area contributed by atoms with Gasteiger partial charge >= 0.3 is 6.18 Å². The van der Waals surface area contributed by atoms with Crippen LogP contribution < -0.4 is 15.8 Å². The van der Waals surface area contributed by atoms with Gasteiger partial charge in [0.2, 0.25) is 5.88 Å². The van der Waals surface area contributed by atoms with Gasteiger partial charge in [0.1, 0.15) is 5.84 Å². The van der Waals surface area contributed by atoms with Crippen molar-refractivity contribution in [3.63, 3.8) is 0 Å². The van der Waals surface area contributed by atoms with E-state index in [-0.39, 0.29) is 17.6 Å². The molecule has 0 saturated heterocycles. The second kappa shape index (κ2) is 10.8. The normalized spacial score (nSPS) is 13.5. The molecule has 7 nitrogen and oxygen atoms in total. The monoisotopic (exact) mass is 499 g/mol. The van der Waals surface area contributed by atoms with E-state index >= 15 is 0 Å². The van der Waals surface area contributed by atoms with Crippen molar-refractivity contribution in [2.45, 2.75) is 50.9 Å². The molecule has 2 atom stereocenters. The minimum atomic E-state index is -4.52. The number of nitrogens with zero attached hydrogens (tertiary/aromatic N) is 2. The van der Waals surface area contributed by atoms with E-state index in [1.165, 1.54) is 13.8 Å². The number of pyridine rings is 2. The van der Waals surface area contributed by atoms with Crippen molar-refractivity contribution in [2.75, 3.05) is 0 Å². The fourth-order valence-corrected chi connectivity index (χ4v) is 3.62. The number of halogens is 3. The summed E-state index contributed by atoms with van der Waals surface area (Å²) >= 11 is 0. The molecule has 3 rings (SSSR count). The van der Waals surface area contributed by atoms with Gasteiger partial charge in [0.05, 0.1) is 5.56 Å². The highest BCUT2D eigenvalue weighted by Gasteiger charge is 2.35. The molecule has 2 heterocycles. The van der Waals surface area contributed by atoms with Crippen LogP contribution in [0.5, 0.6) is 5.88 Å². The number of amides is 1. The van der Waals surface area contributed by atoms with Crippen molar-refractivity contribution < 1.29 is 22.7 Å². The van der Waals surface area contributed by atoms with Crippen LogP contribution in [0.3, 0.4) is 0 Å². The summed E-state index contributed by atoms with van der Waals surface area (Å²) in [5.74, 6) is -0.937. The molecule has 190 valence electrons. The molecule has 0 bridgehead atoms. The second-order valence-electron chi connectivity index (χ2n) is 8.94. The number of alkyl halides is 3. The highest BCUT2D eigenvalue weighted by Crippen LogP contribution is 2.30. The molecule has 0 saturated carbocycles. The van der Waals surface area contributed by atoms with Crippen LogP contribution in [-0.2, 0) is 17.4 Å². The van der Waals surface area contributed by atoms with Crippen molar-refractivity contribution in [3.8, 4) is 5.88 Å². The Morgan fingerprint density at radius 2 is 1.81 bits per heavy atom. The van der Waals surface area contributed by atoms with Gasteiger partial charge in [0.15, 0.2) is 5.60 Å². The average Bonchev–Trinajstić information content (AvgIpc) is 2.82. The quantitative estimate of drug-likeness (QED) is 0.297. The minimum Gasteiger partial charge on any atom is -0.462 e. The number of nitrogens with two attached hydrogens (primary N) is 1. The molecule has 4 N–H and O–H groups in total. The van der Waals surface area contributed by atoms with Crippen LogP contribution in [0.2, 0.25) is 0 Å². The van der Waals surface area contributed by atoms with Gasteiger partial charge in [-0.2, -0.15) is 13.2 Å². The number of hydrogen-bond acceptors (Lipinski definition) is 5. The first-order valence-corrected chi connectivity index (χ1v) is 11.2. The lowest BCUT2D eigenvalue weighted by molar-refractivity contribution is -0.138. The molecule has 2 unspecified atom stereocenters. The molecule has 1 amide bonds. The van der Waals surface area contributed by atoms with Crippen LogP contribution >= 0.6 is 0 Å². The molecule has 0 spiro atoms. The Bertz CT molecular complexity index is 1200. The fraction of sp³-hybridized carbons (Fsp3) is 0.308. The maximum Gasteiger partial charge on any atom is 0.417 e. The summed E-state index contributed by atoms with van der Waals surface area (Å²) in [6, 6.07) is 14.6. The summed E-state index contributed by atoms with van der Waals surface area (Å²) < 4.78 is 44.0. The predicted molar refractivity (Wildman–Crippen MR) is 130 cm³/mol. The third kappa shape index (κ3) is 6.80. The number of carbonyl (C=O) groups excluding carboxylic acids is 1. The number of rotatable bonds is 9. The summed E-state index contributed by atoms with van der Waals surface area (Å²) in [4.78, 5) is 21.3. The molecule has 0 aliphatic heterocycles. The summed E-state index contributed by atoms with van der Waals surface area (Å²) in [5.41, 5.74) is 5.53. The number of ether oxygens (including phenoxy) is 1. The van der Waals surface area contributed by atoms with E-state index in [4.69, 9.17) is 15.9 Å². The van der Waals surface area contributed by atoms with Gasteiger partial charge in [-0.05, 0) is 51.0 Å². The lowest BCUT2D eigenvalue weighted by Gasteiger charge is -2.30. The van der Waals surface area contributed by atoms with E-state index in [1.807, 2.05) is 37.3 Å². The number of nitrogens with one attached hydrogen (secondary N) is 2. The zero-order chi connectivity index (χ0) is 26.5. The third-order valence-corrected chi connectivity index (χ3v) is 5.70. The first-order valence-electron chi connectivity index (χ1n) is 11.2. The Morgan fingerprint density at radius 1 is 1.11 bits per heavy atom. The Labute approximate surface area is 207 Å². The number of nitrogen functional groups attached to an aromatic ring is 1. The van der Waals surface area contributed by atoms with Crippen LogP contribution in [0.25, 0.3) is 0 Å². The highest BCUT2D eigenvalue weighted by molar-refractivity contribution is 5.94. The zero-order valence-electron chi connectivity index (χ0n) is 20.1. The van der Waals surface area contributed by atoms with Crippen LogP contribution in [-0.4, -0.2) is 33.4 Å². The molecule has 0 aliphatic rings. The molecule has 1 aromatic carbocycles. The zero-order valence-corrected chi connectivity index (χ0v) is 20.1. The Hall–Kier alpha value is -3.95. The lowest BCUT2D eigenvalue weighted by Crippen LogP contribution is -2.51. The molecule has 3 aromatic rings. The van der Waals surface area contributed by atoms with Crippen molar-refractivity contribution in [1.82, 2.24) is 15.3 Å². The van der Waals surface area contributed by atoms with Crippen molar-refractivity contribution in [3.05, 3.63) is 89.4 Å². The van der Waals surface area contributed by atoms with Crippen LogP contribution in [0.1, 0.15) is 49.1 Å². The third-order valence-electron chi connectivity index (χ3n) is 5.70. The molecule has 0 aliphatic carbocycles. The smallest absolute Gasteiger partial charge is 0.417 e. The number of aromatic nitrogens is 2. The molecule has 0 radical (unpaired) electrons. The van der Waals surface area contributed by atoms with Gasteiger partial charge in [0.25, 0.3) is 5.91 Å².